The van der Waals surface area contributed by atoms with Crippen molar-refractivity contribution in [2.45, 2.75) is 0 Å². The molecule has 0 amide bonds. The summed E-state index contributed by atoms with van der Waals surface area (Å²) >= 11 is 0. The highest BCUT2D eigenvalue weighted by atomic mass is 16.6. The van der Waals surface area contributed by atoms with Crippen molar-refractivity contribution in [2.24, 2.45) is 0 Å². The van der Waals surface area contributed by atoms with E-state index in [4.69, 9.17) is 27.8 Å². The first-order valence-corrected chi connectivity index (χ1v) is 26.7. The van der Waals surface area contributed by atoms with Crippen LogP contribution in [0.15, 0.2) is 264 Å². The Morgan fingerprint density at radius 2 is 0.637 bits per heavy atom. The summed E-state index contributed by atoms with van der Waals surface area (Å²) in [6.07, 6.45) is 0. The van der Waals surface area contributed by atoms with Crippen LogP contribution in [-0.2, 0) is 0 Å². The molecule has 8 nitrogen and oxygen atoms in total. The van der Waals surface area contributed by atoms with Crippen LogP contribution in [0.4, 0.5) is 0 Å². The lowest BCUT2D eigenvalue weighted by Gasteiger charge is -2.21. The van der Waals surface area contributed by atoms with Crippen molar-refractivity contribution in [1.29, 1.82) is 0 Å². The van der Waals surface area contributed by atoms with E-state index in [9.17, 15) is 0 Å². The SMILES string of the molecule is c1ccc2c(c1)Oc1ccc(-c3ccc4c(c3)c3ccccc3n4-c3ccc4c(c3)oc3ccccc34)cc1O2.c1ccc2c(c1)Oc1ccc(-c3ccc4c(c3)c3ccccc3n4-c3cccc4c3oc3ccccc34)cc1O2. The molecule has 12 aromatic carbocycles. The monoisotopic (exact) mass is 1030 g/mol. The summed E-state index contributed by atoms with van der Waals surface area (Å²) in [5, 5.41) is 9.29. The van der Waals surface area contributed by atoms with Crippen LogP contribution in [0, 0.1) is 0 Å². The Hall–Kier alpha value is -11.0. The molecule has 80 heavy (non-hydrogen) atoms. The largest absolute Gasteiger partial charge is 0.456 e. The molecule has 6 heterocycles. The number of hydrogen-bond acceptors (Lipinski definition) is 6. The summed E-state index contributed by atoms with van der Waals surface area (Å²) in [5.41, 5.74) is 14.6. The Morgan fingerprint density at radius 3 is 1.24 bits per heavy atom. The van der Waals surface area contributed by atoms with Crippen LogP contribution in [0.2, 0.25) is 0 Å². The van der Waals surface area contributed by atoms with E-state index in [1.54, 1.807) is 0 Å². The predicted octanol–water partition coefficient (Wildman–Crippen LogP) is 20.5. The minimum atomic E-state index is 0.718. The third-order valence-electron chi connectivity index (χ3n) is 15.7. The number of fused-ring (bicyclic) bond motifs is 16. The van der Waals surface area contributed by atoms with Gasteiger partial charge in [-0.25, -0.2) is 0 Å². The summed E-state index contributed by atoms with van der Waals surface area (Å²) in [6.45, 7) is 0. The van der Waals surface area contributed by atoms with Crippen molar-refractivity contribution in [1.82, 2.24) is 9.13 Å². The molecule has 0 unspecified atom stereocenters. The van der Waals surface area contributed by atoms with Crippen LogP contribution >= 0.6 is 0 Å². The minimum Gasteiger partial charge on any atom is -0.456 e. The van der Waals surface area contributed by atoms with Crippen molar-refractivity contribution < 1.29 is 27.8 Å². The molecule has 0 saturated carbocycles. The van der Waals surface area contributed by atoms with Crippen LogP contribution in [0.25, 0.3) is 121 Å². The lowest BCUT2D eigenvalue weighted by Crippen LogP contribution is -1.98. The first-order chi connectivity index (χ1) is 39.6. The predicted molar refractivity (Wildman–Crippen MR) is 320 cm³/mol. The molecule has 0 radical (unpaired) electrons. The Kier molecular flexibility index (Phi) is 9.54. The molecule has 0 atom stereocenters. The van der Waals surface area contributed by atoms with Gasteiger partial charge in [0.2, 0.25) is 0 Å². The highest BCUT2D eigenvalue weighted by Crippen LogP contribution is 2.49. The molecule has 2 aliphatic heterocycles. The smallest absolute Gasteiger partial charge is 0.170 e. The molecule has 0 aliphatic carbocycles. The summed E-state index contributed by atoms with van der Waals surface area (Å²) in [7, 11) is 0. The average Bonchev–Trinajstić information content (AvgIpc) is 4.37. The molecular weight excluding hydrogens is 989 g/mol. The van der Waals surface area contributed by atoms with Gasteiger partial charge in [-0.3, -0.25) is 0 Å². The number of hydrogen-bond donors (Lipinski definition) is 0. The Morgan fingerprint density at radius 1 is 0.225 bits per heavy atom. The zero-order valence-corrected chi connectivity index (χ0v) is 42.6. The van der Waals surface area contributed by atoms with E-state index in [1.165, 1.54) is 21.5 Å². The number of rotatable bonds is 4. The van der Waals surface area contributed by atoms with Crippen molar-refractivity contribution in [3.05, 3.63) is 255 Å². The van der Waals surface area contributed by atoms with Crippen molar-refractivity contribution in [2.75, 3.05) is 0 Å². The number of para-hydroxylation sites is 9. The van der Waals surface area contributed by atoms with Gasteiger partial charge in [0.25, 0.3) is 0 Å². The number of furan rings is 2. The van der Waals surface area contributed by atoms with E-state index in [1.807, 2.05) is 84.9 Å². The maximum atomic E-state index is 6.43. The fourth-order valence-electron chi connectivity index (χ4n) is 12.0. The first-order valence-electron chi connectivity index (χ1n) is 26.7. The molecule has 2 aliphatic rings. The number of aromatic nitrogens is 2. The van der Waals surface area contributed by atoms with Gasteiger partial charge in [0.15, 0.2) is 51.6 Å². The van der Waals surface area contributed by atoms with Crippen molar-refractivity contribution >= 4 is 87.5 Å². The summed E-state index contributed by atoms with van der Waals surface area (Å²) in [5.74, 6) is 5.81. The van der Waals surface area contributed by atoms with Gasteiger partial charge >= 0.3 is 0 Å². The summed E-state index contributed by atoms with van der Waals surface area (Å²) in [4.78, 5) is 0. The standard InChI is InChI=1S/2C36H21NO3/c1-3-11-28-24(8-1)27-20-22(23-17-19-34-35(21-23)39-33-15-6-5-14-32(33)38-34)16-18-29(27)37(28)30-12-7-10-26-25-9-2-4-13-31(25)40-36(26)30;1-3-9-29-25(7-1)28-19-22(23-14-18-34-36(20-23)40-33-12-6-5-11-32(33)39-34)13-17-30(28)37(29)24-15-16-27-26-8-2-4-10-31(26)38-35(27)21-24/h2*1-21H. The van der Waals surface area contributed by atoms with Crippen LogP contribution < -0.4 is 18.9 Å². The third kappa shape index (κ3) is 6.89. The molecule has 0 N–H and O–H groups in total. The highest BCUT2D eigenvalue weighted by Gasteiger charge is 2.23. The van der Waals surface area contributed by atoms with Crippen molar-refractivity contribution in [3.63, 3.8) is 0 Å². The zero-order valence-electron chi connectivity index (χ0n) is 42.6. The van der Waals surface area contributed by atoms with Gasteiger partial charge in [-0.1, -0.05) is 133 Å². The van der Waals surface area contributed by atoms with Gasteiger partial charge in [0.05, 0.1) is 27.8 Å². The van der Waals surface area contributed by atoms with Gasteiger partial charge in [0, 0.05) is 54.8 Å². The fraction of sp³-hybridized carbons (Fsp3) is 0. The normalized spacial score (nSPS) is 12.4. The molecule has 376 valence electrons. The lowest BCUT2D eigenvalue weighted by molar-refractivity contribution is 0.360. The second-order valence-corrected chi connectivity index (χ2v) is 20.3. The summed E-state index contributed by atoms with van der Waals surface area (Å²) < 4.78 is 41.8. The third-order valence-corrected chi connectivity index (χ3v) is 15.7. The maximum absolute atomic E-state index is 6.43. The van der Waals surface area contributed by atoms with E-state index in [-0.39, 0.29) is 0 Å². The van der Waals surface area contributed by atoms with Gasteiger partial charge < -0.3 is 36.9 Å². The minimum absolute atomic E-state index is 0.718. The summed E-state index contributed by atoms with van der Waals surface area (Å²) in [6, 6.07) is 87.5. The van der Waals surface area contributed by atoms with Crippen LogP contribution in [0.3, 0.4) is 0 Å². The maximum Gasteiger partial charge on any atom is 0.170 e. The first kappa shape index (κ1) is 44.2. The van der Waals surface area contributed by atoms with E-state index in [0.717, 1.165) is 146 Å². The zero-order chi connectivity index (χ0) is 52.4. The molecule has 0 bridgehead atoms. The molecule has 16 aromatic rings. The van der Waals surface area contributed by atoms with Gasteiger partial charge in [-0.15, -0.1) is 0 Å². The molecule has 8 heteroatoms. The number of nitrogens with zero attached hydrogens (tertiary/aromatic N) is 2. The Bertz CT molecular complexity index is 5230. The van der Waals surface area contributed by atoms with E-state index >= 15 is 0 Å². The molecule has 4 aromatic heterocycles. The second-order valence-electron chi connectivity index (χ2n) is 20.3. The van der Waals surface area contributed by atoms with E-state index < -0.39 is 0 Å². The van der Waals surface area contributed by atoms with Crippen LogP contribution in [0.5, 0.6) is 46.0 Å². The average molecular weight is 1030 g/mol. The Balaban J connectivity index is 0.000000128. The topological polar surface area (TPSA) is 73.1 Å². The molecule has 0 fully saturated rings. The highest BCUT2D eigenvalue weighted by molar-refractivity contribution is 6.14. The van der Waals surface area contributed by atoms with Crippen LogP contribution in [-0.4, -0.2) is 9.13 Å². The van der Waals surface area contributed by atoms with E-state index in [2.05, 4.69) is 179 Å². The van der Waals surface area contributed by atoms with Gasteiger partial charge in [-0.2, -0.15) is 0 Å². The Labute approximate surface area is 456 Å². The number of ether oxygens (including phenoxy) is 4. The molecular formula is C72H42N2O6. The van der Waals surface area contributed by atoms with Gasteiger partial charge in [-0.05, 0) is 138 Å². The van der Waals surface area contributed by atoms with Gasteiger partial charge in [0.1, 0.15) is 16.7 Å². The second kappa shape index (κ2) is 17.3. The lowest BCUT2D eigenvalue weighted by atomic mass is 10.0. The molecule has 0 saturated heterocycles. The molecule has 18 rings (SSSR count). The number of benzene rings is 12. The van der Waals surface area contributed by atoms with Crippen molar-refractivity contribution in [3.8, 4) is 79.6 Å². The quantitative estimate of drug-likeness (QED) is 0.175. The van der Waals surface area contributed by atoms with Crippen LogP contribution in [0.1, 0.15) is 0 Å². The molecule has 0 spiro atoms. The fourth-order valence-corrected chi connectivity index (χ4v) is 12.0. The van der Waals surface area contributed by atoms with E-state index in [0.29, 0.717) is 0 Å².